The van der Waals surface area contributed by atoms with Gasteiger partial charge in [0.1, 0.15) is 0 Å². The molecule has 0 unspecified atom stereocenters. The zero-order valence-corrected chi connectivity index (χ0v) is 7.59. The third kappa shape index (κ3) is 2.09. The van der Waals surface area contributed by atoms with Crippen LogP contribution in [0.25, 0.3) is 0 Å². The maximum absolute atomic E-state index is 10.4. The molecule has 0 radical (unpaired) electrons. The van der Waals surface area contributed by atoms with E-state index < -0.39 is 0 Å². The Labute approximate surface area is 79.6 Å². The molecule has 0 bridgehead atoms. The van der Waals surface area contributed by atoms with Crippen molar-refractivity contribution in [3.8, 4) is 0 Å². The first kappa shape index (κ1) is 9.29. The van der Waals surface area contributed by atoms with Crippen molar-refractivity contribution < 1.29 is 4.79 Å². The molecular weight excluding hydrogens is 199 g/mol. The molecule has 0 spiro atoms. The van der Waals surface area contributed by atoms with Gasteiger partial charge in [0.05, 0.1) is 6.54 Å². The Morgan fingerprint density at radius 1 is 1.75 bits per heavy atom. The number of rotatable bonds is 3. The highest BCUT2D eigenvalue weighted by atomic mass is 35.5. The average Bonchev–Trinajstić information content (AvgIpc) is 2.51. The van der Waals surface area contributed by atoms with E-state index in [0.717, 1.165) is 0 Å². The van der Waals surface area contributed by atoms with E-state index in [1.807, 2.05) is 0 Å². The van der Waals surface area contributed by atoms with E-state index in [0.29, 0.717) is 23.7 Å². The summed E-state index contributed by atoms with van der Waals surface area (Å²) in [5, 5.41) is 0.456. The second-order valence-corrected chi connectivity index (χ2v) is 2.79. The number of carbonyl (C=O) groups is 1. The van der Waals surface area contributed by atoms with Gasteiger partial charge in [0, 0.05) is 23.0 Å². The van der Waals surface area contributed by atoms with Crippen molar-refractivity contribution in [2.45, 2.75) is 6.54 Å². The lowest BCUT2D eigenvalue weighted by Gasteiger charge is -2.00. The van der Waals surface area contributed by atoms with Crippen LogP contribution >= 0.6 is 23.2 Å². The zero-order chi connectivity index (χ0) is 8.97. The Morgan fingerprint density at radius 2 is 2.50 bits per heavy atom. The molecule has 3 nitrogen and oxygen atoms in total. The molecule has 0 aliphatic rings. The summed E-state index contributed by atoms with van der Waals surface area (Å²) in [5.41, 5.74) is 1.26. The highest BCUT2D eigenvalue weighted by Crippen LogP contribution is 2.07. The Bertz CT molecular complexity index is 306. The molecule has 1 heterocycles. The fourth-order valence-electron chi connectivity index (χ4n) is 0.770. The molecule has 0 saturated carbocycles. The number of aromatic nitrogens is 2. The van der Waals surface area contributed by atoms with Gasteiger partial charge in [-0.25, -0.2) is 4.98 Å². The van der Waals surface area contributed by atoms with Crippen molar-refractivity contribution in [2.24, 2.45) is 0 Å². The first-order valence-electron chi connectivity index (χ1n) is 3.19. The monoisotopic (exact) mass is 204 g/mol. The van der Waals surface area contributed by atoms with Gasteiger partial charge in [0.25, 0.3) is 0 Å². The summed E-state index contributed by atoms with van der Waals surface area (Å²) < 4.78 is 1.61. The summed E-state index contributed by atoms with van der Waals surface area (Å²) in [7, 11) is 0. The normalized spacial score (nSPS) is 11.7. The second kappa shape index (κ2) is 4.28. The van der Waals surface area contributed by atoms with E-state index in [2.05, 4.69) is 4.98 Å². The highest BCUT2D eigenvalue weighted by Gasteiger charge is 2.01. The van der Waals surface area contributed by atoms with Crippen molar-refractivity contribution >= 4 is 29.5 Å². The van der Waals surface area contributed by atoms with E-state index in [-0.39, 0.29) is 0 Å². The van der Waals surface area contributed by atoms with Crippen LogP contribution in [0.2, 0.25) is 0 Å². The molecule has 0 fully saturated rings. The number of allylic oxidation sites excluding steroid dienone is 1. The molecule has 1 rings (SSSR count). The standard InChI is InChI=1S/C7H6Cl2N2O/c8-3-6(9)4-11-2-1-10-7(11)5-12/h1-3,5H,4H2. The molecule has 12 heavy (non-hydrogen) atoms. The molecule has 0 amide bonds. The topological polar surface area (TPSA) is 34.9 Å². The molecule has 0 aliphatic heterocycles. The van der Waals surface area contributed by atoms with Crippen molar-refractivity contribution in [1.82, 2.24) is 9.55 Å². The van der Waals surface area contributed by atoms with Gasteiger partial charge in [-0.1, -0.05) is 23.2 Å². The van der Waals surface area contributed by atoms with E-state index in [1.54, 1.807) is 10.8 Å². The third-order valence-electron chi connectivity index (χ3n) is 1.29. The van der Waals surface area contributed by atoms with Crippen LogP contribution in [0.4, 0.5) is 0 Å². The maximum Gasteiger partial charge on any atom is 0.185 e. The molecule has 0 atom stereocenters. The number of halogens is 2. The van der Waals surface area contributed by atoms with Gasteiger partial charge in [-0.3, -0.25) is 4.79 Å². The fraction of sp³-hybridized carbons (Fsp3) is 0.143. The SMILES string of the molecule is O=Cc1nccn1CC(Cl)=CCl. The predicted octanol–water partition coefficient (Wildman–Crippen LogP) is 2.01. The summed E-state index contributed by atoms with van der Waals surface area (Å²) in [6, 6.07) is 0. The lowest BCUT2D eigenvalue weighted by Crippen LogP contribution is -2.01. The molecule has 0 aliphatic carbocycles. The van der Waals surface area contributed by atoms with Gasteiger partial charge < -0.3 is 4.57 Å². The van der Waals surface area contributed by atoms with Crippen molar-refractivity contribution in [3.05, 3.63) is 28.8 Å². The van der Waals surface area contributed by atoms with Crippen LogP contribution in [0, 0.1) is 0 Å². The van der Waals surface area contributed by atoms with Gasteiger partial charge in [0.2, 0.25) is 0 Å². The fourth-order valence-corrected chi connectivity index (χ4v) is 0.968. The van der Waals surface area contributed by atoms with Gasteiger partial charge in [-0.2, -0.15) is 0 Å². The summed E-state index contributed by atoms with van der Waals surface area (Å²) in [5.74, 6) is 0.340. The molecule has 1 aromatic heterocycles. The second-order valence-electron chi connectivity index (χ2n) is 2.09. The van der Waals surface area contributed by atoms with Crippen LogP contribution in [0.15, 0.2) is 23.0 Å². The average molecular weight is 205 g/mol. The van der Waals surface area contributed by atoms with Gasteiger partial charge in [-0.15, -0.1) is 0 Å². The molecule has 0 saturated heterocycles. The number of imidazole rings is 1. The van der Waals surface area contributed by atoms with E-state index in [9.17, 15) is 4.79 Å². The van der Waals surface area contributed by atoms with Gasteiger partial charge >= 0.3 is 0 Å². The summed E-state index contributed by atoms with van der Waals surface area (Å²) in [4.78, 5) is 14.2. The molecule has 0 aromatic carbocycles. The Kier molecular flexibility index (Phi) is 3.31. The third-order valence-corrected chi connectivity index (χ3v) is 1.90. The Morgan fingerprint density at radius 3 is 3.08 bits per heavy atom. The lowest BCUT2D eigenvalue weighted by molar-refractivity contribution is 0.111. The van der Waals surface area contributed by atoms with Crippen molar-refractivity contribution in [3.63, 3.8) is 0 Å². The molecule has 0 N–H and O–H groups in total. The zero-order valence-electron chi connectivity index (χ0n) is 6.08. The molecule has 64 valence electrons. The van der Waals surface area contributed by atoms with E-state index >= 15 is 0 Å². The number of aldehydes is 1. The quantitative estimate of drug-likeness (QED) is 0.707. The minimum atomic E-state index is 0.340. The number of hydrogen-bond donors (Lipinski definition) is 0. The minimum absolute atomic E-state index is 0.340. The van der Waals surface area contributed by atoms with Crippen LogP contribution < -0.4 is 0 Å². The largest absolute Gasteiger partial charge is 0.323 e. The van der Waals surface area contributed by atoms with Crippen molar-refractivity contribution in [2.75, 3.05) is 0 Å². The lowest BCUT2D eigenvalue weighted by atomic mass is 10.5. The number of nitrogens with zero attached hydrogens (tertiary/aromatic N) is 2. The van der Waals surface area contributed by atoms with Crippen molar-refractivity contribution in [1.29, 1.82) is 0 Å². The van der Waals surface area contributed by atoms with E-state index in [4.69, 9.17) is 23.2 Å². The molecular formula is C7H6Cl2N2O. The highest BCUT2D eigenvalue weighted by molar-refractivity contribution is 6.36. The first-order chi connectivity index (χ1) is 5.77. The van der Waals surface area contributed by atoms with Gasteiger partial charge in [0.15, 0.2) is 12.1 Å². The molecule has 5 heteroatoms. The van der Waals surface area contributed by atoms with Crippen LogP contribution in [-0.4, -0.2) is 15.8 Å². The summed E-state index contributed by atoms with van der Waals surface area (Å²) in [6.45, 7) is 0.374. The summed E-state index contributed by atoms with van der Waals surface area (Å²) in [6.07, 6.45) is 3.85. The van der Waals surface area contributed by atoms with Gasteiger partial charge in [-0.05, 0) is 0 Å². The van der Waals surface area contributed by atoms with E-state index in [1.165, 1.54) is 11.7 Å². The maximum atomic E-state index is 10.4. The minimum Gasteiger partial charge on any atom is -0.323 e. The van der Waals surface area contributed by atoms with Crippen LogP contribution in [0.1, 0.15) is 10.6 Å². The first-order valence-corrected chi connectivity index (χ1v) is 4.00. The Balaban J connectivity index is 2.81. The Hall–Kier alpha value is -0.800. The smallest absolute Gasteiger partial charge is 0.185 e. The van der Waals surface area contributed by atoms with Crippen LogP contribution in [-0.2, 0) is 6.54 Å². The van der Waals surface area contributed by atoms with Crippen LogP contribution in [0.3, 0.4) is 0 Å². The molecule has 1 aromatic rings. The van der Waals surface area contributed by atoms with Crippen LogP contribution in [0.5, 0.6) is 0 Å². The number of carbonyl (C=O) groups excluding carboxylic acids is 1. The predicted molar refractivity (Wildman–Crippen MR) is 47.4 cm³/mol. The summed E-state index contributed by atoms with van der Waals surface area (Å²) >= 11 is 11.0. The number of hydrogen-bond acceptors (Lipinski definition) is 2.